The quantitative estimate of drug-likeness (QED) is 0.403. The molecule has 0 aliphatic carbocycles. The molecule has 0 bridgehead atoms. The Morgan fingerprint density at radius 2 is 1.00 bits per heavy atom. The summed E-state index contributed by atoms with van der Waals surface area (Å²) in [7, 11) is 0. The molecule has 0 atom stereocenters. The zero-order chi connectivity index (χ0) is 0. The maximum Gasteiger partial charge on any atom is 0 e. The zero-order valence-corrected chi connectivity index (χ0v) is 11.3. The van der Waals surface area contributed by atoms with Crippen LogP contribution in [0.25, 0.3) is 0 Å². The van der Waals surface area contributed by atoms with Crippen molar-refractivity contribution in [1.29, 1.82) is 0 Å². The van der Waals surface area contributed by atoms with E-state index in [1.165, 1.54) is 0 Å². The fourth-order valence-electron chi connectivity index (χ4n) is 0. The van der Waals surface area contributed by atoms with Gasteiger partial charge in [-0.05, 0) is 0 Å². The van der Waals surface area contributed by atoms with Gasteiger partial charge in [-0.25, -0.2) is 0 Å². The molecule has 0 aliphatic heterocycles. The third-order valence-electron chi connectivity index (χ3n) is 0. The van der Waals surface area contributed by atoms with Crippen molar-refractivity contribution in [2.24, 2.45) is 0 Å². The predicted octanol–water partition coefficient (Wildman–Crippen LogP) is -0.0100. The Hall–Kier alpha value is 2.70. The van der Waals surface area contributed by atoms with Crippen LogP contribution in [0.5, 0.6) is 0 Å². The molecule has 0 aromatic heterocycles. The molecule has 0 aromatic carbocycles. The summed E-state index contributed by atoms with van der Waals surface area (Å²) < 4.78 is 0. The molecule has 0 aromatic rings. The van der Waals surface area contributed by atoms with Gasteiger partial charge >= 0.3 is 0 Å². The molecule has 0 spiro atoms. The van der Waals surface area contributed by atoms with Crippen LogP contribution in [0.1, 0.15) is 0 Å². The Morgan fingerprint density at radius 3 is 1.00 bits per heavy atom. The van der Waals surface area contributed by atoms with Gasteiger partial charge in [-0.1, -0.05) is 0 Å². The van der Waals surface area contributed by atoms with E-state index in [4.69, 9.17) is 0 Å². The van der Waals surface area contributed by atoms with Crippen LogP contribution >= 0.6 is 0 Å². The van der Waals surface area contributed by atoms with E-state index < -0.39 is 0 Å². The molecule has 4 heteroatoms. The molecule has 0 heterocycles. The number of hydrogen-bond donors (Lipinski definition) is 0. The minimum atomic E-state index is 0. The second-order valence-electron chi connectivity index (χ2n) is 0. The van der Waals surface area contributed by atoms with E-state index in [1.807, 2.05) is 0 Å². The first-order chi connectivity index (χ1) is 0. The molecule has 0 amide bonds. The second kappa shape index (κ2) is 17.3. The molecule has 22 valence electrons. The Bertz CT molecular complexity index is 8.00. The largest absolute Gasteiger partial charge is 0 e. The average molecular weight is 510 g/mol. The van der Waals surface area contributed by atoms with E-state index >= 15 is 0 Å². The molecule has 0 N–H and O–H groups in total. The standard InChI is InChI=1S/Cr.Nb.Ta.W. The first-order valence-corrected chi connectivity index (χ1v) is 0. The Kier molecular flexibility index (Phi) is 129. The maximum absolute atomic E-state index is 0. The summed E-state index contributed by atoms with van der Waals surface area (Å²) in [5.74, 6) is 0. The van der Waals surface area contributed by atoms with Gasteiger partial charge in [0.1, 0.15) is 0 Å². The van der Waals surface area contributed by atoms with Crippen molar-refractivity contribution in [1.82, 2.24) is 0 Å². The third kappa shape index (κ3) is 8.83. The molecule has 2 radical (unpaired) electrons. The van der Waals surface area contributed by atoms with Crippen LogP contribution in [-0.4, -0.2) is 0 Å². The molecule has 0 aliphatic rings. The van der Waals surface area contributed by atoms with Gasteiger partial charge in [0.05, 0.1) is 0 Å². The molecule has 0 rings (SSSR count). The van der Waals surface area contributed by atoms with Crippen LogP contribution in [0.3, 0.4) is 0 Å². The SMILES string of the molecule is [Cr].[Nb].[Ta].[W]. The Labute approximate surface area is 81.9 Å². The van der Waals surface area contributed by atoms with E-state index in [-0.39, 0.29) is 83.2 Å². The Morgan fingerprint density at radius 1 is 1.00 bits per heavy atom. The van der Waals surface area contributed by atoms with Crippen molar-refractivity contribution in [3.05, 3.63) is 0 Å². The first-order valence-electron chi connectivity index (χ1n) is 0. The summed E-state index contributed by atoms with van der Waals surface area (Å²) in [6, 6.07) is 0. The van der Waals surface area contributed by atoms with Crippen molar-refractivity contribution in [3.63, 3.8) is 0 Å². The predicted molar refractivity (Wildman–Crippen MR) is 0 cm³/mol. The topological polar surface area (TPSA) is 0 Å². The van der Waals surface area contributed by atoms with E-state index in [0.29, 0.717) is 0 Å². The molecule has 0 nitrogen and oxygen atoms in total. The van der Waals surface area contributed by atoms with E-state index in [1.54, 1.807) is 0 Å². The number of hydrogen-bond acceptors (Lipinski definition) is 0. The number of rotatable bonds is 0. The summed E-state index contributed by atoms with van der Waals surface area (Å²) >= 11 is 0. The normalized spacial score (nSPS) is 0. The van der Waals surface area contributed by atoms with E-state index in [9.17, 15) is 0 Å². The molecular formula is CrNbTaW. The fraction of sp³-hybridized carbons (Fsp3) is 0. The van der Waals surface area contributed by atoms with Crippen LogP contribution < -0.4 is 0 Å². The average Bonchev–Trinajstić information content (AvgIpc) is 0. The van der Waals surface area contributed by atoms with Crippen LogP contribution in [0.4, 0.5) is 0 Å². The third-order valence-corrected chi connectivity index (χ3v) is 0. The van der Waals surface area contributed by atoms with Crippen LogP contribution in [0.2, 0.25) is 0 Å². The van der Waals surface area contributed by atoms with Gasteiger partial charge in [-0.2, -0.15) is 0 Å². The van der Waals surface area contributed by atoms with Gasteiger partial charge in [-0.3, -0.25) is 0 Å². The summed E-state index contributed by atoms with van der Waals surface area (Å²) in [4.78, 5) is 0. The maximum atomic E-state index is 0. The molecule has 0 saturated carbocycles. The summed E-state index contributed by atoms with van der Waals surface area (Å²) in [6.45, 7) is 0. The zero-order valence-electron chi connectivity index (χ0n) is 1.71. The van der Waals surface area contributed by atoms with Gasteiger partial charge in [0, 0.05) is 83.2 Å². The van der Waals surface area contributed by atoms with Crippen LogP contribution in [0.15, 0.2) is 0 Å². The van der Waals surface area contributed by atoms with Gasteiger partial charge in [0.25, 0.3) is 0 Å². The van der Waals surface area contributed by atoms with E-state index in [2.05, 4.69) is 0 Å². The minimum Gasteiger partial charge on any atom is 0 e. The molecule has 4 heavy (non-hydrogen) atoms. The van der Waals surface area contributed by atoms with Crippen molar-refractivity contribution < 1.29 is 83.2 Å². The summed E-state index contributed by atoms with van der Waals surface area (Å²) in [6.07, 6.45) is 0. The fourth-order valence-corrected chi connectivity index (χ4v) is 0. The van der Waals surface area contributed by atoms with Gasteiger partial charge in [0.15, 0.2) is 0 Å². The smallest absolute Gasteiger partial charge is 0 e. The van der Waals surface area contributed by atoms with Crippen molar-refractivity contribution in [3.8, 4) is 0 Å². The van der Waals surface area contributed by atoms with Gasteiger partial charge in [-0.15, -0.1) is 0 Å². The Balaban J connectivity index is 0. The van der Waals surface area contributed by atoms with Gasteiger partial charge < -0.3 is 0 Å². The van der Waals surface area contributed by atoms with Gasteiger partial charge in [0.2, 0.25) is 0 Å². The summed E-state index contributed by atoms with van der Waals surface area (Å²) in [5, 5.41) is 0. The molecule has 0 saturated heterocycles. The van der Waals surface area contributed by atoms with Crippen molar-refractivity contribution in [2.45, 2.75) is 0 Å². The first kappa shape index (κ1) is 29.9. The molecule has 0 unspecified atom stereocenters. The van der Waals surface area contributed by atoms with Crippen molar-refractivity contribution in [2.75, 3.05) is 0 Å². The van der Waals surface area contributed by atoms with Crippen LogP contribution in [0, 0.1) is 0 Å². The summed E-state index contributed by atoms with van der Waals surface area (Å²) in [5.41, 5.74) is 0. The van der Waals surface area contributed by atoms with Crippen LogP contribution in [-0.2, 0) is 83.2 Å². The monoisotopic (exact) mass is 510 g/mol. The molecule has 0 fully saturated rings. The van der Waals surface area contributed by atoms with E-state index in [0.717, 1.165) is 0 Å². The van der Waals surface area contributed by atoms with Crippen molar-refractivity contribution >= 4 is 0 Å². The molecular weight excluding hydrogens is 510 g/mol. The second-order valence-corrected chi connectivity index (χ2v) is 0. The minimum absolute atomic E-state index is 0.